The summed E-state index contributed by atoms with van der Waals surface area (Å²) in [5.74, 6) is 0.810. The van der Waals surface area contributed by atoms with Crippen molar-refractivity contribution in [2.24, 2.45) is 11.8 Å². The second-order valence-corrected chi connectivity index (χ2v) is 6.39. The summed E-state index contributed by atoms with van der Waals surface area (Å²) >= 11 is 0. The van der Waals surface area contributed by atoms with Crippen molar-refractivity contribution in [3.63, 3.8) is 0 Å². The summed E-state index contributed by atoms with van der Waals surface area (Å²) < 4.78 is 5.91. The van der Waals surface area contributed by atoms with E-state index in [4.69, 9.17) is 4.74 Å². The Balaban J connectivity index is 1.54. The maximum Gasteiger partial charge on any atom is 0.226 e. The van der Waals surface area contributed by atoms with E-state index in [1.165, 1.54) is 6.42 Å². The third-order valence-corrected chi connectivity index (χ3v) is 4.80. The van der Waals surface area contributed by atoms with Crippen LogP contribution in [0.3, 0.4) is 0 Å². The highest BCUT2D eigenvalue weighted by atomic mass is 16.5. The Bertz CT molecular complexity index is 471. The van der Waals surface area contributed by atoms with E-state index in [9.17, 15) is 4.79 Å². The van der Waals surface area contributed by atoms with E-state index in [1.54, 1.807) is 0 Å². The Morgan fingerprint density at radius 3 is 2.91 bits per heavy atom. The van der Waals surface area contributed by atoms with Crippen LogP contribution in [0.4, 0.5) is 0 Å². The highest BCUT2D eigenvalue weighted by molar-refractivity contribution is 5.79. The van der Waals surface area contributed by atoms with Crippen LogP contribution in [0.15, 0.2) is 30.3 Å². The monoisotopic (exact) mass is 302 g/mol. The molecule has 1 aromatic carbocycles. The molecule has 120 valence electrons. The summed E-state index contributed by atoms with van der Waals surface area (Å²) in [4.78, 5) is 12.5. The van der Waals surface area contributed by atoms with E-state index < -0.39 is 0 Å². The van der Waals surface area contributed by atoms with Crippen molar-refractivity contribution in [2.75, 3.05) is 26.2 Å². The molecule has 2 aliphatic rings. The highest BCUT2D eigenvalue weighted by Gasteiger charge is 2.32. The van der Waals surface area contributed by atoms with Gasteiger partial charge in [0.2, 0.25) is 5.91 Å². The lowest BCUT2D eigenvalue weighted by Crippen LogP contribution is -2.38. The molecule has 2 saturated heterocycles. The third-order valence-electron chi connectivity index (χ3n) is 4.80. The lowest BCUT2D eigenvalue weighted by atomic mass is 9.88. The summed E-state index contributed by atoms with van der Waals surface area (Å²) in [6.07, 6.45) is 4.09. The minimum Gasteiger partial charge on any atom is -0.373 e. The number of nitrogens with one attached hydrogen (secondary N) is 2. The van der Waals surface area contributed by atoms with Gasteiger partial charge in [0.1, 0.15) is 0 Å². The van der Waals surface area contributed by atoms with Crippen LogP contribution in [0.2, 0.25) is 0 Å². The molecule has 2 heterocycles. The van der Waals surface area contributed by atoms with E-state index in [-0.39, 0.29) is 17.9 Å². The van der Waals surface area contributed by atoms with Crippen molar-refractivity contribution >= 4 is 5.91 Å². The lowest BCUT2D eigenvalue weighted by molar-refractivity contribution is -0.134. The zero-order valence-corrected chi connectivity index (χ0v) is 13.1. The highest BCUT2D eigenvalue weighted by Crippen LogP contribution is 2.33. The van der Waals surface area contributed by atoms with Crippen LogP contribution in [0, 0.1) is 11.8 Å². The second kappa shape index (κ2) is 7.75. The number of hydrogen-bond acceptors (Lipinski definition) is 3. The van der Waals surface area contributed by atoms with Gasteiger partial charge in [0.25, 0.3) is 0 Å². The van der Waals surface area contributed by atoms with Gasteiger partial charge in [-0.15, -0.1) is 0 Å². The molecule has 2 aliphatic heterocycles. The Labute approximate surface area is 132 Å². The van der Waals surface area contributed by atoms with Crippen LogP contribution in [-0.4, -0.2) is 32.1 Å². The van der Waals surface area contributed by atoms with Gasteiger partial charge in [-0.05, 0) is 50.3 Å². The van der Waals surface area contributed by atoms with Crippen LogP contribution in [-0.2, 0) is 9.53 Å². The number of benzene rings is 1. The van der Waals surface area contributed by atoms with E-state index in [2.05, 4.69) is 22.8 Å². The van der Waals surface area contributed by atoms with Gasteiger partial charge in [-0.25, -0.2) is 0 Å². The number of rotatable bonds is 5. The van der Waals surface area contributed by atoms with E-state index in [0.29, 0.717) is 5.92 Å². The fourth-order valence-corrected chi connectivity index (χ4v) is 3.51. The Morgan fingerprint density at radius 2 is 2.14 bits per heavy atom. The molecule has 0 saturated carbocycles. The Hall–Kier alpha value is -1.39. The zero-order valence-electron chi connectivity index (χ0n) is 13.1. The van der Waals surface area contributed by atoms with Crippen LogP contribution < -0.4 is 10.6 Å². The molecule has 2 fully saturated rings. The first-order valence-corrected chi connectivity index (χ1v) is 8.49. The average molecular weight is 302 g/mol. The minimum absolute atomic E-state index is 0.0575. The predicted octanol–water partition coefficient (Wildman–Crippen LogP) is 2.27. The molecule has 0 radical (unpaired) electrons. The molecular formula is C18H26N2O2. The maximum atomic E-state index is 12.5. The molecule has 3 atom stereocenters. The molecule has 3 rings (SSSR count). The van der Waals surface area contributed by atoms with Crippen LogP contribution >= 0.6 is 0 Å². The lowest BCUT2D eigenvalue weighted by Gasteiger charge is -2.31. The smallest absolute Gasteiger partial charge is 0.226 e. The Kier molecular flexibility index (Phi) is 5.46. The SMILES string of the molecule is O=C(NCCC1CCNC1)C1CCCOC1c1ccccc1. The first-order chi connectivity index (χ1) is 10.8. The van der Waals surface area contributed by atoms with Crippen molar-refractivity contribution in [1.29, 1.82) is 0 Å². The summed E-state index contributed by atoms with van der Waals surface area (Å²) in [6.45, 7) is 3.74. The molecule has 4 heteroatoms. The predicted molar refractivity (Wildman–Crippen MR) is 86.5 cm³/mol. The minimum atomic E-state index is -0.0944. The normalized spacial score (nSPS) is 28.5. The number of hydrogen-bond donors (Lipinski definition) is 2. The van der Waals surface area contributed by atoms with Gasteiger partial charge >= 0.3 is 0 Å². The third kappa shape index (κ3) is 3.87. The van der Waals surface area contributed by atoms with E-state index >= 15 is 0 Å². The fourth-order valence-electron chi connectivity index (χ4n) is 3.51. The summed E-state index contributed by atoms with van der Waals surface area (Å²) in [7, 11) is 0. The molecule has 0 aromatic heterocycles. The molecule has 1 aromatic rings. The molecule has 0 spiro atoms. The second-order valence-electron chi connectivity index (χ2n) is 6.39. The Morgan fingerprint density at radius 1 is 1.27 bits per heavy atom. The van der Waals surface area contributed by atoms with Crippen LogP contribution in [0.1, 0.15) is 37.4 Å². The topological polar surface area (TPSA) is 50.4 Å². The van der Waals surface area contributed by atoms with E-state index in [1.807, 2.05) is 18.2 Å². The van der Waals surface area contributed by atoms with Crippen LogP contribution in [0.5, 0.6) is 0 Å². The quantitative estimate of drug-likeness (QED) is 0.877. The van der Waals surface area contributed by atoms with Crippen LogP contribution in [0.25, 0.3) is 0 Å². The average Bonchev–Trinajstić information content (AvgIpc) is 3.09. The molecule has 22 heavy (non-hydrogen) atoms. The van der Waals surface area contributed by atoms with Crippen molar-refractivity contribution < 1.29 is 9.53 Å². The largest absolute Gasteiger partial charge is 0.373 e. The molecule has 2 N–H and O–H groups in total. The molecule has 1 amide bonds. The fraction of sp³-hybridized carbons (Fsp3) is 0.611. The van der Waals surface area contributed by atoms with Gasteiger partial charge in [0, 0.05) is 13.2 Å². The van der Waals surface area contributed by atoms with Crippen molar-refractivity contribution in [3.8, 4) is 0 Å². The standard InChI is InChI=1S/C18H26N2O2/c21-18(20-11-9-14-8-10-19-13-14)16-7-4-12-22-17(16)15-5-2-1-3-6-15/h1-3,5-6,14,16-17,19H,4,7-13H2,(H,20,21). The van der Waals surface area contributed by atoms with Gasteiger partial charge < -0.3 is 15.4 Å². The van der Waals surface area contributed by atoms with Gasteiger partial charge in [-0.1, -0.05) is 30.3 Å². The summed E-state index contributed by atoms with van der Waals surface area (Å²) in [5.41, 5.74) is 1.11. The first-order valence-electron chi connectivity index (χ1n) is 8.49. The summed E-state index contributed by atoms with van der Waals surface area (Å²) in [6, 6.07) is 10.1. The number of carbonyl (C=O) groups excluding carboxylic acids is 1. The zero-order chi connectivity index (χ0) is 15.2. The van der Waals surface area contributed by atoms with E-state index in [0.717, 1.165) is 51.1 Å². The summed E-state index contributed by atoms with van der Waals surface area (Å²) in [5, 5.41) is 6.50. The van der Waals surface area contributed by atoms with Gasteiger partial charge in [-0.3, -0.25) is 4.79 Å². The number of ether oxygens (including phenoxy) is 1. The van der Waals surface area contributed by atoms with Crippen molar-refractivity contribution in [1.82, 2.24) is 10.6 Å². The van der Waals surface area contributed by atoms with Gasteiger partial charge in [-0.2, -0.15) is 0 Å². The van der Waals surface area contributed by atoms with Gasteiger partial charge in [0.05, 0.1) is 12.0 Å². The number of amides is 1. The molecule has 0 aliphatic carbocycles. The van der Waals surface area contributed by atoms with Crippen molar-refractivity contribution in [3.05, 3.63) is 35.9 Å². The van der Waals surface area contributed by atoms with Crippen molar-refractivity contribution in [2.45, 2.75) is 31.8 Å². The molecule has 3 unspecified atom stereocenters. The first kappa shape index (κ1) is 15.5. The van der Waals surface area contributed by atoms with Gasteiger partial charge in [0.15, 0.2) is 0 Å². The molecule has 0 bridgehead atoms. The maximum absolute atomic E-state index is 12.5. The number of carbonyl (C=O) groups is 1. The molecular weight excluding hydrogens is 276 g/mol. The molecule has 4 nitrogen and oxygen atoms in total.